The predicted octanol–water partition coefficient (Wildman–Crippen LogP) is 6.76. The molecule has 2 N–H and O–H groups in total. The van der Waals surface area contributed by atoms with Crippen LogP contribution in [0.5, 0.6) is 0 Å². The Balaban J connectivity index is 4.82. The molecule has 0 amide bonds. The number of ether oxygens (including phenoxy) is 2. The molecule has 0 aliphatic carbocycles. The summed E-state index contributed by atoms with van der Waals surface area (Å²) in [6.07, 6.45) is 16.7. The topological polar surface area (TPSA) is 76.0 Å². The molecule has 0 saturated carbocycles. The second kappa shape index (κ2) is 24.6. The summed E-state index contributed by atoms with van der Waals surface area (Å²) in [6.45, 7) is 7.79. The van der Waals surface area contributed by atoms with Crippen molar-refractivity contribution in [3.8, 4) is 0 Å². The summed E-state index contributed by atoms with van der Waals surface area (Å²) in [7, 11) is 0. The molecular weight excluding hydrogens is 416 g/mol. The van der Waals surface area contributed by atoms with Crippen LogP contribution in [0.1, 0.15) is 136 Å². The molecule has 0 bridgehead atoms. The molecule has 0 aromatic carbocycles. The molecule has 0 spiro atoms. The normalized spacial score (nSPS) is 15.3. The number of aldehydes is 1. The van der Waals surface area contributed by atoms with Crippen LogP contribution in [0.15, 0.2) is 0 Å². The molecule has 0 rings (SSSR count). The predicted molar refractivity (Wildman–Crippen MR) is 138 cm³/mol. The molecule has 0 saturated heterocycles. The van der Waals surface area contributed by atoms with Gasteiger partial charge in [0.15, 0.2) is 0 Å². The fourth-order valence-electron chi connectivity index (χ4n) is 4.19. The van der Waals surface area contributed by atoms with Crippen LogP contribution >= 0.6 is 0 Å². The van der Waals surface area contributed by atoms with E-state index >= 15 is 0 Å². The molecule has 198 valence electrons. The number of unbranched alkanes of at least 4 members (excludes halogenated alkanes) is 12. The van der Waals surface area contributed by atoms with Crippen LogP contribution in [0.25, 0.3) is 0 Å². The molecule has 0 fully saturated rings. The van der Waals surface area contributed by atoms with Gasteiger partial charge in [-0.15, -0.1) is 0 Å². The van der Waals surface area contributed by atoms with E-state index < -0.39 is 12.2 Å². The first-order valence-electron chi connectivity index (χ1n) is 14.1. The van der Waals surface area contributed by atoms with E-state index in [1.165, 1.54) is 12.8 Å². The highest BCUT2D eigenvalue weighted by atomic mass is 16.5. The van der Waals surface area contributed by atoms with Gasteiger partial charge < -0.3 is 24.5 Å². The number of hydrogen-bond donors (Lipinski definition) is 2. The van der Waals surface area contributed by atoms with Crippen LogP contribution < -0.4 is 0 Å². The highest BCUT2D eigenvalue weighted by molar-refractivity contribution is 5.48. The molecule has 4 atom stereocenters. The number of carbonyl (C=O) groups excluding carboxylic acids is 1. The van der Waals surface area contributed by atoms with E-state index in [0.29, 0.717) is 19.6 Å². The Morgan fingerprint density at radius 1 is 0.576 bits per heavy atom. The van der Waals surface area contributed by atoms with Crippen molar-refractivity contribution in [3.05, 3.63) is 0 Å². The van der Waals surface area contributed by atoms with Crippen molar-refractivity contribution in [1.82, 2.24) is 0 Å². The average Bonchev–Trinajstić information content (AvgIpc) is 2.83. The first-order chi connectivity index (χ1) is 16.1. The van der Waals surface area contributed by atoms with Crippen LogP contribution in [0, 0.1) is 0 Å². The zero-order chi connectivity index (χ0) is 24.6. The second-order valence-corrected chi connectivity index (χ2v) is 9.58. The third-order valence-electron chi connectivity index (χ3n) is 6.42. The Morgan fingerprint density at radius 2 is 0.970 bits per heavy atom. The third kappa shape index (κ3) is 18.5. The maximum absolute atomic E-state index is 11.1. The van der Waals surface area contributed by atoms with E-state index in [-0.39, 0.29) is 12.2 Å². The number of hydrogen-bond acceptors (Lipinski definition) is 5. The van der Waals surface area contributed by atoms with Crippen LogP contribution in [0.4, 0.5) is 0 Å². The van der Waals surface area contributed by atoms with Crippen LogP contribution in [0.3, 0.4) is 0 Å². The summed E-state index contributed by atoms with van der Waals surface area (Å²) >= 11 is 0. The van der Waals surface area contributed by atoms with E-state index in [0.717, 1.165) is 103 Å². The quantitative estimate of drug-likeness (QED) is 0.107. The minimum Gasteiger partial charge on any atom is -0.388 e. The van der Waals surface area contributed by atoms with Crippen molar-refractivity contribution >= 4 is 6.29 Å². The van der Waals surface area contributed by atoms with E-state index in [4.69, 9.17) is 9.47 Å². The van der Waals surface area contributed by atoms with Gasteiger partial charge in [-0.3, -0.25) is 0 Å². The molecule has 0 aliphatic rings. The zero-order valence-electron chi connectivity index (χ0n) is 22.1. The molecule has 0 heterocycles. The van der Waals surface area contributed by atoms with Gasteiger partial charge in [-0.2, -0.15) is 0 Å². The van der Waals surface area contributed by atoms with Gasteiger partial charge in [0.2, 0.25) is 0 Å². The molecule has 0 aliphatic heterocycles. The molecule has 5 nitrogen and oxygen atoms in total. The van der Waals surface area contributed by atoms with Gasteiger partial charge in [-0.1, -0.05) is 97.8 Å². The lowest BCUT2D eigenvalue weighted by atomic mass is 9.95. The fraction of sp³-hybridized carbons (Fsp3) is 0.964. The Labute approximate surface area is 205 Å². The lowest BCUT2D eigenvalue weighted by Gasteiger charge is -2.32. The van der Waals surface area contributed by atoms with Crippen LogP contribution in [0.2, 0.25) is 0 Å². The maximum atomic E-state index is 11.1. The third-order valence-corrected chi connectivity index (χ3v) is 6.42. The van der Waals surface area contributed by atoms with E-state index in [9.17, 15) is 15.0 Å². The number of rotatable bonds is 26. The Hall–Kier alpha value is -0.490. The van der Waals surface area contributed by atoms with Gasteiger partial charge in [0.1, 0.15) is 18.5 Å². The Bertz CT molecular complexity index is 392. The monoisotopic (exact) mass is 472 g/mol. The summed E-state index contributed by atoms with van der Waals surface area (Å²) in [5, 5.41) is 22.2. The first kappa shape index (κ1) is 32.5. The highest BCUT2D eigenvalue weighted by Gasteiger charge is 2.33. The van der Waals surface area contributed by atoms with Crippen molar-refractivity contribution in [2.45, 2.75) is 161 Å². The van der Waals surface area contributed by atoms with Crippen LogP contribution in [-0.4, -0.2) is 54.1 Å². The highest BCUT2D eigenvalue weighted by Crippen LogP contribution is 2.21. The molecule has 5 heteroatoms. The molecule has 0 aromatic heterocycles. The summed E-state index contributed by atoms with van der Waals surface area (Å²) in [5.41, 5.74) is 0. The first-order valence-corrected chi connectivity index (χ1v) is 14.1. The molecule has 0 radical (unpaired) electrons. The number of aliphatic hydroxyl groups excluding tert-OH is 2. The van der Waals surface area contributed by atoms with E-state index in [1.807, 2.05) is 0 Å². The van der Waals surface area contributed by atoms with E-state index in [1.54, 1.807) is 0 Å². The van der Waals surface area contributed by atoms with Crippen molar-refractivity contribution in [3.63, 3.8) is 0 Å². The maximum Gasteiger partial charge on any atom is 0.119 e. The molecule has 0 aromatic rings. The van der Waals surface area contributed by atoms with Crippen molar-refractivity contribution in [2.75, 3.05) is 13.2 Å². The Morgan fingerprint density at radius 3 is 1.42 bits per heavy atom. The summed E-state index contributed by atoms with van der Waals surface area (Å²) in [5.74, 6) is 0. The van der Waals surface area contributed by atoms with E-state index in [2.05, 4.69) is 20.8 Å². The van der Waals surface area contributed by atoms with Gasteiger partial charge >= 0.3 is 0 Å². The van der Waals surface area contributed by atoms with Crippen molar-refractivity contribution < 1.29 is 24.5 Å². The second-order valence-electron chi connectivity index (χ2n) is 9.58. The lowest BCUT2D eigenvalue weighted by molar-refractivity contribution is -0.141. The van der Waals surface area contributed by atoms with Crippen molar-refractivity contribution in [2.24, 2.45) is 0 Å². The van der Waals surface area contributed by atoms with Gasteiger partial charge in [-0.05, 0) is 32.1 Å². The molecule has 33 heavy (non-hydrogen) atoms. The lowest BCUT2D eigenvalue weighted by Crippen LogP contribution is -2.46. The molecule has 4 unspecified atom stereocenters. The Kier molecular flexibility index (Phi) is 24.3. The standard InChI is InChI=1S/C28H56O5/c1-4-7-10-15-20-25(32-23-18-8-5-2)27(30)28(31)26(33-24-19-9-6-3)21-16-13-11-12-14-17-22-29/h22,25-28,30-31H,4-21,23-24H2,1-3H3. The smallest absolute Gasteiger partial charge is 0.119 e. The summed E-state index contributed by atoms with van der Waals surface area (Å²) < 4.78 is 12.2. The van der Waals surface area contributed by atoms with Gasteiger partial charge in [-0.25, -0.2) is 0 Å². The largest absolute Gasteiger partial charge is 0.388 e. The van der Waals surface area contributed by atoms with Gasteiger partial charge in [0, 0.05) is 19.6 Å². The van der Waals surface area contributed by atoms with Gasteiger partial charge in [0.25, 0.3) is 0 Å². The summed E-state index contributed by atoms with van der Waals surface area (Å²) in [6, 6.07) is 0. The van der Waals surface area contributed by atoms with Crippen LogP contribution in [-0.2, 0) is 14.3 Å². The summed E-state index contributed by atoms with van der Waals surface area (Å²) in [4.78, 5) is 10.4. The number of aliphatic hydroxyl groups is 2. The average molecular weight is 473 g/mol. The zero-order valence-corrected chi connectivity index (χ0v) is 22.1. The van der Waals surface area contributed by atoms with Crippen molar-refractivity contribution in [1.29, 1.82) is 0 Å². The fourth-order valence-corrected chi connectivity index (χ4v) is 4.19. The van der Waals surface area contributed by atoms with Gasteiger partial charge in [0.05, 0.1) is 12.2 Å². The number of carbonyl (C=O) groups is 1. The minimum absolute atomic E-state index is 0.334. The SMILES string of the molecule is CCCCCCC(OCCCCC)C(O)C(O)C(CCCCCCCC=O)OCCCCC. The minimum atomic E-state index is -0.927. The molecular formula is C28H56O5.